The van der Waals surface area contributed by atoms with Gasteiger partial charge in [0, 0.05) is 17.5 Å². The van der Waals surface area contributed by atoms with E-state index in [1.807, 2.05) is 13.0 Å². The number of hydrogen-bond acceptors (Lipinski definition) is 3. The number of carboxylic acid groups (broad SMARTS) is 1. The second-order valence-electron chi connectivity index (χ2n) is 5.79. The van der Waals surface area contributed by atoms with Gasteiger partial charge in [-0.3, -0.25) is 4.98 Å². The van der Waals surface area contributed by atoms with Crippen LogP contribution in [0.25, 0.3) is 10.9 Å². The van der Waals surface area contributed by atoms with Crippen LogP contribution in [0, 0.1) is 5.92 Å². The number of fused-ring (bicyclic) bond motifs is 1. The summed E-state index contributed by atoms with van der Waals surface area (Å²) < 4.78 is 5.82. The van der Waals surface area contributed by atoms with Gasteiger partial charge in [-0.05, 0) is 30.7 Å². The maximum atomic E-state index is 11.6. The Labute approximate surface area is 141 Å². The maximum Gasteiger partial charge on any atom is 0.345 e. The fourth-order valence-electron chi connectivity index (χ4n) is 2.62. The molecule has 2 atom stereocenters. The highest BCUT2D eigenvalue weighted by Crippen LogP contribution is 2.31. The lowest BCUT2D eigenvalue weighted by molar-refractivity contribution is -0.147. The van der Waals surface area contributed by atoms with Crippen molar-refractivity contribution < 1.29 is 14.6 Å². The summed E-state index contributed by atoms with van der Waals surface area (Å²) in [6.45, 7) is 4.04. The predicted octanol–water partition coefficient (Wildman–Crippen LogP) is 4.94. The Morgan fingerprint density at radius 2 is 2.13 bits per heavy atom. The molecule has 2 rings (SSSR count). The van der Waals surface area contributed by atoms with Crippen LogP contribution in [0.3, 0.4) is 0 Å². The highest BCUT2D eigenvalue weighted by molar-refractivity contribution is 6.35. The number of halogens is 1. The Balaban J connectivity index is 2.24. The van der Waals surface area contributed by atoms with Gasteiger partial charge in [0.1, 0.15) is 11.3 Å². The average molecular weight is 336 g/mol. The van der Waals surface area contributed by atoms with Crippen molar-refractivity contribution in [1.82, 2.24) is 4.98 Å². The smallest absolute Gasteiger partial charge is 0.345 e. The van der Waals surface area contributed by atoms with Crippen LogP contribution < -0.4 is 4.74 Å². The molecule has 0 amide bonds. The molecule has 1 heterocycles. The molecule has 0 saturated heterocycles. The van der Waals surface area contributed by atoms with E-state index in [2.05, 4.69) is 11.9 Å². The first-order valence-electron chi connectivity index (χ1n) is 7.97. The van der Waals surface area contributed by atoms with Crippen LogP contribution in [-0.2, 0) is 4.79 Å². The normalized spacial score (nSPS) is 13.7. The van der Waals surface area contributed by atoms with Gasteiger partial charge in [0.2, 0.25) is 0 Å². The first-order chi connectivity index (χ1) is 11.0. The molecule has 23 heavy (non-hydrogen) atoms. The lowest BCUT2D eigenvalue weighted by Crippen LogP contribution is -2.33. The predicted molar refractivity (Wildman–Crippen MR) is 92.1 cm³/mol. The molecular weight excluding hydrogens is 314 g/mol. The van der Waals surface area contributed by atoms with Gasteiger partial charge < -0.3 is 9.84 Å². The second kappa shape index (κ2) is 8.16. The third-order valence-corrected chi connectivity index (χ3v) is 4.29. The van der Waals surface area contributed by atoms with Gasteiger partial charge in [-0.2, -0.15) is 0 Å². The molecule has 0 fully saturated rings. The van der Waals surface area contributed by atoms with Crippen molar-refractivity contribution in [2.75, 3.05) is 0 Å². The molecule has 0 saturated carbocycles. The zero-order valence-electron chi connectivity index (χ0n) is 13.5. The number of aliphatic carboxylic acids is 1. The molecule has 0 aliphatic heterocycles. The van der Waals surface area contributed by atoms with Gasteiger partial charge >= 0.3 is 5.97 Å². The van der Waals surface area contributed by atoms with Crippen LogP contribution in [0.5, 0.6) is 5.75 Å². The second-order valence-corrected chi connectivity index (χ2v) is 6.20. The molecule has 0 radical (unpaired) electrons. The quantitative estimate of drug-likeness (QED) is 0.694. The first-order valence-corrected chi connectivity index (χ1v) is 8.35. The van der Waals surface area contributed by atoms with Crippen molar-refractivity contribution >= 4 is 28.5 Å². The average Bonchev–Trinajstić information content (AvgIpc) is 2.54. The molecule has 4 nitrogen and oxygen atoms in total. The molecule has 0 aliphatic carbocycles. The summed E-state index contributed by atoms with van der Waals surface area (Å²) in [6.07, 6.45) is 4.79. The Kier molecular flexibility index (Phi) is 6.22. The lowest BCUT2D eigenvalue weighted by atomic mass is 9.97. The zero-order chi connectivity index (χ0) is 16.8. The van der Waals surface area contributed by atoms with Crippen molar-refractivity contribution in [2.45, 2.75) is 45.6 Å². The van der Waals surface area contributed by atoms with E-state index in [-0.39, 0.29) is 5.92 Å². The molecular formula is C18H22ClNO3. The van der Waals surface area contributed by atoms with Crippen LogP contribution >= 0.6 is 11.6 Å². The number of rotatable bonds is 8. The molecule has 2 aromatic rings. The molecule has 1 N–H and O–H groups in total. The molecule has 5 heteroatoms. The Hall–Kier alpha value is -1.81. The van der Waals surface area contributed by atoms with Gasteiger partial charge in [0.25, 0.3) is 0 Å². The van der Waals surface area contributed by atoms with E-state index in [1.165, 1.54) is 0 Å². The summed E-state index contributed by atoms with van der Waals surface area (Å²) in [6, 6.07) is 7.03. The topological polar surface area (TPSA) is 59.4 Å². The largest absolute Gasteiger partial charge is 0.478 e. The van der Waals surface area contributed by atoms with E-state index in [0.717, 1.165) is 31.1 Å². The van der Waals surface area contributed by atoms with Crippen LogP contribution in [0.4, 0.5) is 0 Å². The Bertz CT molecular complexity index is 674. The molecule has 1 aromatic carbocycles. The monoisotopic (exact) mass is 335 g/mol. The summed E-state index contributed by atoms with van der Waals surface area (Å²) in [5.74, 6) is -0.568. The summed E-state index contributed by atoms with van der Waals surface area (Å²) in [4.78, 5) is 15.9. The number of carboxylic acids is 1. The zero-order valence-corrected chi connectivity index (χ0v) is 14.2. The van der Waals surface area contributed by atoms with Gasteiger partial charge in [0.05, 0.1) is 5.02 Å². The van der Waals surface area contributed by atoms with Crippen molar-refractivity contribution in [3.05, 3.63) is 35.5 Å². The fourth-order valence-corrected chi connectivity index (χ4v) is 2.84. The van der Waals surface area contributed by atoms with Gasteiger partial charge in [-0.1, -0.05) is 44.7 Å². The summed E-state index contributed by atoms with van der Waals surface area (Å²) >= 11 is 6.16. The number of aromatic nitrogens is 1. The molecule has 1 aromatic heterocycles. The van der Waals surface area contributed by atoms with E-state index in [1.54, 1.807) is 24.4 Å². The van der Waals surface area contributed by atoms with E-state index in [4.69, 9.17) is 16.3 Å². The van der Waals surface area contributed by atoms with E-state index in [0.29, 0.717) is 16.3 Å². The van der Waals surface area contributed by atoms with Gasteiger partial charge in [-0.15, -0.1) is 0 Å². The lowest BCUT2D eigenvalue weighted by Gasteiger charge is -2.22. The SMILES string of the molecule is CCCCCC(C)C(Oc1ccc(Cl)c2cccnc12)C(=O)O. The van der Waals surface area contributed by atoms with Crippen molar-refractivity contribution in [2.24, 2.45) is 5.92 Å². The number of benzene rings is 1. The minimum atomic E-state index is -0.951. The van der Waals surface area contributed by atoms with E-state index in [9.17, 15) is 9.90 Å². The van der Waals surface area contributed by atoms with Crippen LogP contribution in [0.1, 0.15) is 39.5 Å². The number of carbonyl (C=O) groups is 1. The number of nitrogens with zero attached hydrogens (tertiary/aromatic N) is 1. The van der Waals surface area contributed by atoms with E-state index < -0.39 is 12.1 Å². The molecule has 124 valence electrons. The maximum absolute atomic E-state index is 11.6. The Morgan fingerprint density at radius 1 is 1.35 bits per heavy atom. The number of pyridine rings is 1. The van der Waals surface area contributed by atoms with Gasteiger partial charge in [-0.25, -0.2) is 4.79 Å². The van der Waals surface area contributed by atoms with Crippen LogP contribution in [0.2, 0.25) is 5.02 Å². The molecule has 2 unspecified atom stereocenters. The van der Waals surface area contributed by atoms with Crippen LogP contribution in [0.15, 0.2) is 30.5 Å². The van der Waals surface area contributed by atoms with Gasteiger partial charge in [0.15, 0.2) is 6.10 Å². The Morgan fingerprint density at radius 3 is 2.83 bits per heavy atom. The van der Waals surface area contributed by atoms with Crippen molar-refractivity contribution in [1.29, 1.82) is 0 Å². The van der Waals surface area contributed by atoms with Crippen molar-refractivity contribution in [3.8, 4) is 5.75 Å². The minimum absolute atomic E-state index is 0.0755. The standard InChI is InChI=1S/C18H22ClNO3/c1-3-4-5-7-12(2)17(18(21)22)23-15-10-9-14(19)13-8-6-11-20-16(13)15/h6,8-12,17H,3-5,7H2,1-2H3,(H,21,22). The number of unbranched alkanes of at least 4 members (excludes halogenated alkanes) is 2. The highest BCUT2D eigenvalue weighted by atomic mass is 35.5. The summed E-state index contributed by atoms with van der Waals surface area (Å²) in [5.41, 5.74) is 0.590. The molecule has 0 spiro atoms. The fraction of sp³-hybridized carbons (Fsp3) is 0.444. The molecule has 0 bridgehead atoms. The molecule has 0 aliphatic rings. The van der Waals surface area contributed by atoms with Crippen molar-refractivity contribution in [3.63, 3.8) is 0 Å². The minimum Gasteiger partial charge on any atom is -0.478 e. The third kappa shape index (κ3) is 4.35. The highest BCUT2D eigenvalue weighted by Gasteiger charge is 2.27. The summed E-state index contributed by atoms with van der Waals surface area (Å²) in [5, 5.41) is 10.8. The van der Waals surface area contributed by atoms with E-state index >= 15 is 0 Å². The number of ether oxygens (including phenoxy) is 1. The number of hydrogen-bond donors (Lipinski definition) is 1. The third-order valence-electron chi connectivity index (χ3n) is 3.96. The van der Waals surface area contributed by atoms with Crippen LogP contribution in [-0.4, -0.2) is 22.2 Å². The first kappa shape index (κ1) is 17.5. The summed E-state index contributed by atoms with van der Waals surface area (Å²) in [7, 11) is 0.